The summed E-state index contributed by atoms with van der Waals surface area (Å²) in [7, 11) is 1.89. The zero-order valence-corrected chi connectivity index (χ0v) is 8.59. The van der Waals surface area contributed by atoms with Gasteiger partial charge in [0.15, 0.2) is 0 Å². The number of hydrogen-bond acceptors (Lipinski definition) is 3. The molecule has 1 aromatic heterocycles. The van der Waals surface area contributed by atoms with Crippen molar-refractivity contribution in [2.45, 2.75) is 19.3 Å². The van der Waals surface area contributed by atoms with Crippen LogP contribution in [0.3, 0.4) is 0 Å². The maximum absolute atomic E-state index is 4.16. The van der Waals surface area contributed by atoms with Gasteiger partial charge in [0.05, 0.1) is 0 Å². The number of nitrogens with one attached hydrogen (secondary N) is 2. The van der Waals surface area contributed by atoms with Crippen molar-refractivity contribution in [1.29, 1.82) is 0 Å². The van der Waals surface area contributed by atoms with Crippen molar-refractivity contribution in [2.75, 3.05) is 24.2 Å². The highest BCUT2D eigenvalue weighted by atomic mass is 15.0. The number of hydrogen-bond donors (Lipinski definition) is 2. The molecule has 2 N–H and O–H groups in total. The summed E-state index contributed by atoms with van der Waals surface area (Å²) in [6, 6.07) is 4.04. The van der Waals surface area contributed by atoms with E-state index in [9.17, 15) is 0 Å². The van der Waals surface area contributed by atoms with E-state index >= 15 is 0 Å². The zero-order chi connectivity index (χ0) is 9.80. The van der Waals surface area contributed by atoms with Gasteiger partial charge in [-0.25, -0.2) is 4.98 Å². The van der Waals surface area contributed by atoms with E-state index in [0.29, 0.717) is 0 Å². The van der Waals surface area contributed by atoms with Gasteiger partial charge < -0.3 is 10.6 Å². The maximum Gasteiger partial charge on any atom is 0.127 e. The molecule has 0 atom stereocenters. The lowest BCUT2D eigenvalue weighted by molar-refractivity contribution is 0.760. The largest absolute Gasteiger partial charge is 0.385 e. The summed E-state index contributed by atoms with van der Waals surface area (Å²) in [5.41, 5.74) is 1.16. The first-order chi connectivity index (χ1) is 6.88. The minimum absolute atomic E-state index is 0.918. The molecule has 0 radical (unpaired) electrons. The lowest BCUT2D eigenvalue weighted by Crippen LogP contribution is -2.03. The Morgan fingerprint density at radius 1 is 1.50 bits per heavy atom. The van der Waals surface area contributed by atoms with Gasteiger partial charge in [-0.2, -0.15) is 0 Å². The Morgan fingerprint density at radius 3 is 3.07 bits per heavy atom. The number of pyridine rings is 1. The fourth-order valence-corrected chi connectivity index (χ4v) is 1.50. The van der Waals surface area contributed by atoms with Gasteiger partial charge in [0, 0.05) is 31.5 Å². The second kappa shape index (κ2) is 4.31. The van der Waals surface area contributed by atoms with Crippen LogP contribution in [0.4, 0.5) is 11.5 Å². The predicted octanol–water partition coefficient (Wildman–Crippen LogP) is 2.34. The molecule has 1 fully saturated rings. The number of aromatic nitrogens is 1. The molecule has 14 heavy (non-hydrogen) atoms. The smallest absolute Gasteiger partial charge is 0.127 e. The Balaban J connectivity index is 1.81. The van der Waals surface area contributed by atoms with Gasteiger partial charge >= 0.3 is 0 Å². The molecule has 0 amide bonds. The van der Waals surface area contributed by atoms with Crippen molar-refractivity contribution >= 4 is 11.5 Å². The van der Waals surface area contributed by atoms with Crippen LogP contribution >= 0.6 is 0 Å². The SMILES string of the molecule is CNc1cc(NCCC2CC2)ccn1. The molecule has 2 rings (SSSR count). The molecule has 1 heterocycles. The molecular weight excluding hydrogens is 174 g/mol. The monoisotopic (exact) mass is 191 g/mol. The highest BCUT2D eigenvalue weighted by Crippen LogP contribution is 2.32. The van der Waals surface area contributed by atoms with Crippen LogP contribution in [0.1, 0.15) is 19.3 Å². The summed E-state index contributed by atoms with van der Waals surface area (Å²) >= 11 is 0. The van der Waals surface area contributed by atoms with Crippen molar-refractivity contribution < 1.29 is 0 Å². The first-order valence-electron chi connectivity index (χ1n) is 5.26. The third-order valence-electron chi connectivity index (χ3n) is 2.59. The molecule has 3 nitrogen and oxygen atoms in total. The highest BCUT2D eigenvalue weighted by Gasteiger charge is 2.19. The van der Waals surface area contributed by atoms with E-state index < -0.39 is 0 Å². The molecule has 0 spiro atoms. The Kier molecular flexibility index (Phi) is 2.87. The van der Waals surface area contributed by atoms with E-state index in [2.05, 4.69) is 15.6 Å². The van der Waals surface area contributed by atoms with E-state index in [1.165, 1.54) is 19.3 Å². The van der Waals surface area contributed by atoms with E-state index in [1.807, 2.05) is 25.4 Å². The van der Waals surface area contributed by atoms with Gasteiger partial charge in [-0.05, 0) is 18.4 Å². The Labute approximate surface area is 84.9 Å². The van der Waals surface area contributed by atoms with Gasteiger partial charge in [-0.15, -0.1) is 0 Å². The van der Waals surface area contributed by atoms with E-state index in [1.54, 1.807) is 0 Å². The van der Waals surface area contributed by atoms with Crippen LogP contribution in [0.25, 0.3) is 0 Å². The molecule has 1 saturated carbocycles. The quantitative estimate of drug-likeness (QED) is 0.750. The third kappa shape index (κ3) is 2.62. The summed E-state index contributed by atoms with van der Waals surface area (Å²) in [5, 5.41) is 6.44. The average molecular weight is 191 g/mol. The number of anilines is 2. The van der Waals surface area contributed by atoms with Crippen LogP contribution in [0.2, 0.25) is 0 Å². The second-order valence-corrected chi connectivity index (χ2v) is 3.84. The van der Waals surface area contributed by atoms with E-state index in [4.69, 9.17) is 0 Å². The fraction of sp³-hybridized carbons (Fsp3) is 0.545. The summed E-state index contributed by atoms with van der Waals surface area (Å²) in [6.45, 7) is 1.08. The molecule has 0 aliphatic heterocycles. The number of rotatable bonds is 5. The van der Waals surface area contributed by atoms with Crippen molar-refractivity contribution in [1.82, 2.24) is 4.98 Å². The molecule has 0 aromatic carbocycles. The van der Waals surface area contributed by atoms with Crippen molar-refractivity contribution in [3.05, 3.63) is 18.3 Å². The molecule has 1 aliphatic carbocycles. The molecular formula is C11H17N3. The second-order valence-electron chi connectivity index (χ2n) is 3.84. The van der Waals surface area contributed by atoms with E-state index in [0.717, 1.165) is 24.0 Å². The predicted molar refractivity (Wildman–Crippen MR) is 59.6 cm³/mol. The highest BCUT2D eigenvalue weighted by molar-refractivity contribution is 5.51. The first kappa shape index (κ1) is 9.31. The van der Waals surface area contributed by atoms with Crippen LogP contribution in [0, 0.1) is 5.92 Å². The van der Waals surface area contributed by atoms with Gasteiger partial charge in [0.1, 0.15) is 5.82 Å². The molecule has 1 aliphatic rings. The van der Waals surface area contributed by atoms with Crippen LogP contribution in [-0.4, -0.2) is 18.6 Å². The van der Waals surface area contributed by atoms with Gasteiger partial charge in [-0.3, -0.25) is 0 Å². The Bertz CT molecular complexity index is 294. The molecule has 0 saturated heterocycles. The molecule has 76 valence electrons. The maximum atomic E-state index is 4.16. The lowest BCUT2D eigenvalue weighted by Gasteiger charge is -2.06. The van der Waals surface area contributed by atoms with E-state index in [-0.39, 0.29) is 0 Å². The number of nitrogens with zero attached hydrogens (tertiary/aromatic N) is 1. The van der Waals surface area contributed by atoms with Gasteiger partial charge in [0.2, 0.25) is 0 Å². The van der Waals surface area contributed by atoms with Crippen molar-refractivity contribution in [2.24, 2.45) is 5.92 Å². The minimum Gasteiger partial charge on any atom is -0.385 e. The van der Waals surface area contributed by atoms with Crippen LogP contribution in [0.15, 0.2) is 18.3 Å². The fourth-order valence-electron chi connectivity index (χ4n) is 1.50. The van der Waals surface area contributed by atoms with Crippen molar-refractivity contribution in [3.8, 4) is 0 Å². The third-order valence-corrected chi connectivity index (χ3v) is 2.59. The Hall–Kier alpha value is -1.25. The molecule has 0 bridgehead atoms. The summed E-state index contributed by atoms with van der Waals surface area (Å²) < 4.78 is 0. The molecule has 0 unspecified atom stereocenters. The first-order valence-corrected chi connectivity index (χ1v) is 5.26. The Morgan fingerprint density at radius 2 is 2.36 bits per heavy atom. The summed E-state index contributed by atoms with van der Waals surface area (Å²) in [4.78, 5) is 4.16. The summed E-state index contributed by atoms with van der Waals surface area (Å²) in [5.74, 6) is 1.91. The van der Waals surface area contributed by atoms with Gasteiger partial charge in [-0.1, -0.05) is 12.8 Å². The summed E-state index contributed by atoms with van der Waals surface area (Å²) in [6.07, 6.45) is 5.99. The molecule has 1 aromatic rings. The lowest BCUT2D eigenvalue weighted by atomic mass is 10.3. The van der Waals surface area contributed by atoms with Crippen LogP contribution in [0.5, 0.6) is 0 Å². The zero-order valence-electron chi connectivity index (χ0n) is 8.59. The topological polar surface area (TPSA) is 37.0 Å². The normalized spacial score (nSPS) is 15.2. The van der Waals surface area contributed by atoms with Gasteiger partial charge in [0.25, 0.3) is 0 Å². The van der Waals surface area contributed by atoms with Crippen molar-refractivity contribution in [3.63, 3.8) is 0 Å². The van der Waals surface area contributed by atoms with Crippen LogP contribution in [-0.2, 0) is 0 Å². The standard InChI is InChI=1S/C11H17N3/c1-12-11-8-10(5-7-14-11)13-6-4-9-2-3-9/h5,7-9H,2-4,6H2,1H3,(H2,12,13,14). The van der Waals surface area contributed by atoms with Crippen LogP contribution < -0.4 is 10.6 Å². The average Bonchev–Trinajstić information content (AvgIpc) is 3.02. The molecule has 3 heteroatoms. The minimum atomic E-state index is 0.918.